The minimum absolute atomic E-state index is 0.0255. The monoisotopic (exact) mass is 630 g/mol. The number of rotatable bonds is 12. The van der Waals surface area contributed by atoms with E-state index in [0.717, 1.165) is 37.7 Å². The normalized spacial score (nSPS) is 36.0. The van der Waals surface area contributed by atoms with Gasteiger partial charge in [-0.25, -0.2) is 9.78 Å². The van der Waals surface area contributed by atoms with Gasteiger partial charge in [-0.15, -0.1) is 0 Å². The third-order valence-electron chi connectivity index (χ3n) is 12.1. The van der Waals surface area contributed by atoms with Crippen LogP contribution in [0.15, 0.2) is 34.9 Å². The highest BCUT2D eigenvalue weighted by Gasteiger charge is 2.65. The molecule has 0 heterocycles. The molecular weight excluding hydrogens is 572 g/mol. The first kappa shape index (κ1) is 35.8. The van der Waals surface area contributed by atoms with Gasteiger partial charge in [-0.1, -0.05) is 66.7 Å². The van der Waals surface area contributed by atoms with Gasteiger partial charge in [-0.3, -0.25) is 9.59 Å². The Morgan fingerprint density at radius 1 is 1.07 bits per heavy atom. The lowest BCUT2D eigenvalue weighted by atomic mass is 9.45. The Morgan fingerprint density at radius 2 is 1.76 bits per heavy atom. The number of carbonyl (C=O) groups is 2. The van der Waals surface area contributed by atoms with E-state index in [1.807, 2.05) is 0 Å². The zero-order chi connectivity index (χ0) is 33.5. The number of aliphatic hydroxyl groups excluding tert-OH is 2. The Kier molecular flexibility index (Phi) is 10.8. The number of ether oxygens (including phenoxy) is 2. The van der Waals surface area contributed by atoms with Crippen molar-refractivity contribution in [3.05, 3.63) is 34.9 Å². The van der Waals surface area contributed by atoms with E-state index in [2.05, 4.69) is 66.0 Å². The molecule has 1 fully saturated rings. The van der Waals surface area contributed by atoms with Gasteiger partial charge in [0.2, 0.25) is 0 Å². The van der Waals surface area contributed by atoms with Crippen LogP contribution in [0.4, 0.5) is 0 Å². The predicted octanol–water partition coefficient (Wildman–Crippen LogP) is 6.65. The first-order chi connectivity index (χ1) is 21.0. The molecule has 0 aromatic carbocycles. The van der Waals surface area contributed by atoms with Gasteiger partial charge in [0.05, 0.1) is 19.8 Å². The minimum atomic E-state index is -1.000. The molecule has 0 spiro atoms. The fraction of sp³-hybridized carbons (Fsp3) is 0.784. The van der Waals surface area contributed by atoms with E-state index >= 15 is 0 Å². The Hall–Kier alpha value is -2.00. The highest BCUT2D eigenvalue weighted by Crippen LogP contribution is 2.67. The zero-order valence-electron chi connectivity index (χ0n) is 29.1. The molecule has 1 saturated carbocycles. The molecule has 0 aromatic heterocycles. The number of hydrogen-bond donors (Lipinski definition) is 2. The molecule has 8 heteroatoms. The van der Waals surface area contributed by atoms with Crippen molar-refractivity contribution in [2.75, 3.05) is 13.7 Å². The van der Waals surface area contributed by atoms with Gasteiger partial charge in [0.25, 0.3) is 0 Å². The SMILES string of the molecule is C=C(CCC(C)C1CC=C2C3=C(C(O)C(OC(C)=O)C21C)C1(C)CC(O)C(OC(=O)CCCOOC)C(C)(C)C1CC3)C(C)C. The van der Waals surface area contributed by atoms with E-state index in [1.54, 1.807) is 0 Å². The van der Waals surface area contributed by atoms with Gasteiger partial charge in [0.1, 0.15) is 18.3 Å². The summed E-state index contributed by atoms with van der Waals surface area (Å²) in [7, 11) is 1.42. The summed E-state index contributed by atoms with van der Waals surface area (Å²) in [5.41, 5.74) is 2.84. The van der Waals surface area contributed by atoms with Crippen LogP contribution in [-0.4, -0.2) is 60.3 Å². The summed E-state index contributed by atoms with van der Waals surface area (Å²) in [6, 6.07) is 0. The average Bonchev–Trinajstić information content (AvgIpc) is 3.31. The van der Waals surface area contributed by atoms with Crippen LogP contribution >= 0.6 is 0 Å². The second-order valence-electron chi connectivity index (χ2n) is 15.5. The molecule has 9 unspecified atom stereocenters. The third-order valence-corrected chi connectivity index (χ3v) is 12.1. The molecule has 4 aliphatic carbocycles. The predicted molar refractivity (Wildman–Crippen MR) is 173 cm³/mol. The van der Waals surface area contributed by atoms with Gasteiger partial charge >= 0.3 is 11.9 Å². The minimum Gasteiger partial charge on any atom is -0.459 e. The zero-order valence-corrected chi connectivity index (χ0v) is 29.1. The summed E-state index contributed by atoms with van der Waals surface area (Å²) >= 11 is 0. The number of aliphatic hydroxyl groups is 2. The van der Waals surface area contributed by atoms with E-state index < -0.39 is 46.6 Å². The van der Waals surface area contributed by atoms with Crippen LogP contribution in [0.25, 0.3) is 0 Å². The van der Waals surface area contributed by atoms with Crippen molar-refractivity contribution in [2.24, 2.45) is 39.9 Å². The first-order valence-electron chi connectivity index (χ1n) is 17.0. The standard InChI is InChI=1S/C37H58O8/c1-21(2)22(3)13-14-23(4)26-16-17-27-25-15-18-29-35(6,7)33(45-30(40)12-11-19-43-42-10)28(39)20-36(29,8)31(25)32(41)34(37(26,27)9)44-24(5)38/h17,21,23,26,28-29,32-34,39,41H,3,11-16,18-20H2,1-2,4-10H3. The number of hydrogen-bond acceptors (Lipinski definition) is 8. The maximum absolute atomic E-state index is 12.8. The Bertz CT molecular complexity index is 1200. The van der Waals surface area contributed by atoms with Crippen LogP contribution in [0.5, 0.6) is 0 Å². The summed E-state index contributed by atoms with van der Waals surface area (Å²) in [5, 5.41) is 24.0. The van der Waals surface area contributed by atoms with Crippen molar-refractivity contribution >= 4 is 11.9 Å². The number of allylic oxidation sites excluding steroid dienone is 3. The molecule has 9 atom stereocenters. The van der Waals surface area contributed by atoms with Crippen molar-refractivity contribution in [3.63, 3.8) is 0 Å². The number of fused-ring (bicyclic) bond motifs is 4. The molecule has 254 valence electrons. The van der Waals surface area contributed by atoms with Gasteiger partial charge < -0.3 is 19.7 Å². The van der Waals surface area contributed by atoms with Crippen LogP contribution in [0.1, 0.15) is 107 Å². The molecule has 4 aliphatic rings. The Labute approximate surface area is 270 Å². The molecule has 4 rings (SSSR count). The van der Waals surface area contributed by atoms with Crippen molar-refractivity contribution in [1.29, 1.82) is 0 Å². The number of esters is 2. The summed E-state index contributed by atoms with van der Waals surface area (Å²) in [5.74, 6) is 0.232. The topological polar surface area (TPSA) is 112 Å². The summed E-state index contributed by atoms with van der Waals surface area (Å²) < 4.78 is 12.1. The van der Waals surface area contributed by atoms with Gasteiger partial charge in [-0.05, 0) is 90.8 Å². The first-order valence-corrected chi connectivity index (χ1v) is 17.0. The highest BCUT2D eigenvalue weighted by atomic mass is 17.2. The Balaban J connectivity index is 1.67. The van der Waals surface area contributed by atoms with E-state index in [-0.39, 0.29) is 30.8 Å². The summed E-state index contributed by atoms with van der Waals surface area (Å²) in [4.78, 5) is 34.9. The van der Waals surface area contributed by atoms with Crippen LogP contribution < -0.4 is 0 Å². The molecular formula is C37H58O8. The van der Waals surface area contributed by atoms with E-state index in [1.165, 1.54) is 30.8 Å². The van der Waals surface area contributed by atoms with E-state index in [0.29, 0.717) is 24.7 Å². The molecule has 0 radical (unpaired) electrons. The van der Waals surface area contributed by atoms with Crippen LogP contribution in [0.2, 0.25) is 0 Å². The largest absolute Gasteiger partial charge is 0.459 e. The molecule has 0 bridgehead atoms. The van der Waals surface area contributed by atoms with Gasteiger partial charge in [0, 0.05) is 24.2 Å². The molecule has 0 aliphatic heterocycles. The lowest BCUT2D eigenvalue weighted by Crippen LogP contribution is -2.63. The van der Waals surface area contributed by atoms with Crippen molar-refractivity contribution in [1.82, 2.24) is 0 Å². The number of carbonyl (C=O) groups excluding carboxylic acids is 2. The molecule has 0 amide bonds. The molecule has 0 aromatic rings. The molecule has 45 heavy (non-hydrogen) atoms. The summed E-state index contributed by atoms with van der Waals surface area (Å²) in [6.45, 7) is 21.1. The van der Waals surface area contributed by atoms with Crippen LogP contribution in [0, 0.1) is 39.9 Å². The van der Waals surface area contributed by atoms with E-state index in [9.17, 15) is 19.8 Å². The van der Waals surface area contributed by atoms with Gasteiger partial charge in [-0.2, -0.15) is 0 Å². The maximum Gasteiger partial charge on any atom is 0.306 e. The van der Waals surface area contributed by atoms with Crippen molar-refractivity contribution in [2.45, 2.75) is 131 Å². The third kappa shape index (κ3) is 6.46. The van der Waals surface area contributed by atoms with Crippen molar-refractivity contribution < 1.29 is 39.1 Å². The second-order valence-corrected chi connectivity index (χ2v) is 15.5. The van der Waals surface area contributed by atoms with Crippen LogP contribution in [-0.2, 0) is 28.8 Å². The molecule has 2 N–H and O–H groups in total. The van der Waals surface area contributed by atoms with Gasteiger partial charge in [0.15, 0.2) is 0 Å². The van der Waals surface area contributed by atoms with Crippen LogP contribution in [0.3, 0.4) is 0 Å². The van der Waals surface area contributed by atoms with Crippen molar-refractivity contribution in [3.8, 4) is 0 Å². The average molecular weight is 631 g/mol. The molecule has 0 saturated heterocycles. The highest BCUT2D eigenvalue weighted by molar-refractivity contribution is 5.70. The maximum atomic E-state index is 12.8. The fourth-order valence-electron chi connectivity index (χ4n) is 9.83. The lowest BCUT2D eigenvalue weighted by Gasteiger charge is -2.62. The smallest absolute Gasteiger partial charge is 0.306 e. The van der Waals surface area contributed by atoms with E-state index in [4.69, 9.17) is 14.4 Å². The molecule has 8 nitrogen and oxygen atoms in total. The Morgan fingerprint density at radius 3 is 2.38 bits per heavy atom. The second kappa shape index (κ2) is 13.6. The summed E-state index contributed by atoms with van der Waals surface area (Å²) in [6.07, 6.45) is 4.41. The quantitative estimate of drug-likeness (QED) is 0.0811. The fourth-order valence-corrected chi connectivity index (χ4v) is 9.83. The lowest BCUT2D eigenvalue weighted by molar-refractivity contribution is -0.272.